The molecular formula is C15H13NO3. The molecule has 0 unspecified atom stereocenters. The second kappa shape index (κ2) is 3.70. The van der Waals surface area contributed by atoms with Gasteiger partial charge in [-0.05, 0) is 12.1 Å². The fourth-order valence-electron chi connectivity index (χ4n) is 3.47. The van der Waals surface area contributed by atoms with Crippen LogP contribution < -0.4 is 5.32 Å². The van der Waals surface area contributed by atoms with E-state index in [1.807, 2.05) is 24.3 Å². The number of fused-ring (bicyclic) bond motifs is 5. The summed E-state index contributed by atoms with van der Waals surface area (Å²) < 4.78 is 5.62. The van der Waals surface area contributed by atoms with Crippen molar-refractivity contribution in [3.05, 3.63) is 48.0 Å². The van der Waals surface area contributed by atoms with Crippen molar-refractivity contribution in [1.29, 1.82) is 0 Å². The molecule has 4 nitrogen and oxygen atoms in total. The van der Waals surface area contributed by atoms with Gasteiger partial charge in [0, 0.05) is 11.8 Å². The van der Waals surface area contributed by atoms with Crippen LogP contribution in [0.3, 0.4) is 0 Å². The van der Waals surface area contributed by atoms with Gasteiger partial charge in [0.05, 0.1) is 17.5 Å². The molecule has 1 heterocycles. The zero-order valence-corrected chi connectivity index (χ0v) is 10.2. The summed E-state index contributed by atoms with van der Waals surface area (Å²) in [5.74, 6) is -0.0268. The standard InChI is InChI=1S/C15H13NO3/c17-14-11-9-6-7-10(12(11)16-14)13(9)19-15(18)8-4-2-1-3-5-8/h1-7,9-13H,(H,16,17)/t9-,10+,11+,12+,13-/m0/s1. The Kier molecular flexibility index (Phi) is 2.10. The van der Waals surface area contributed by atoms with Crippen molar-refractivity contribution in [2.75, 3.05) is 0 Å². The van der Waals surface area contributed by atoms with E-state index in [2.05, 4.69) is 11.4 Å². The fraction of sp³-hybridized carbons (Fsp3) is 0.333. The molecule has 3 aliphatic rings. The van der Waals surface area contributed by atoms with E-state index >= 15 is 0 Å². The summed E-state index contributed by atoms with van der Waals surface area (Å²) in [6.07, 6.45) is 3.89. The van der Waals surface area contributed by atoms with Gasteiger partial charge in [0.1, 0.15) is 6.10 Å². The summed E-state index contributed by atoms with van der Waals surface area (Å²) >= 11 is 0. The predicted octanol–water partition coefficient (Wildman–Crippen LogP) is 1.14. The highest BCUT2D eigenvalue weighted by molar-refractivity contribution is 5.90. The second-order valence-electron chi connectivity index (χ2n) is 5.34. The Balaban J connectivity index is 1.53. The number of carbonyl (C=O) groups excluding carboxylic acids is 2. The van der Waals surface area contributed by atoms with Crippen LogP contribution in [-0.2, 0) is 9.53 Å². The number of benzene rings is 1. The summed E-state index contributed by atoms with van der Waals surface area (Å²) in [6, 6.07) is 9.13. The molecule has 5 atom stereocenters. The van der Waals surface area contributed by atoms with Gasteiger partial charge in [-0.1, -0.05) is 30.4 Å². The highest BCUT2D eigenvalue weighted by atomic mass is 16.5. The molecule has 1 N–H and O–H groups in total. The van der Waals surface area contributed by atoms with Gasteiger partial charge >= 0.3 is 5.97 Å². The van der Waals surface area contributed by atoms with E-state index in [-0.39, 0.29) is 41.8 Å². The molecule has 1 aromatic carbocycles. The van der Waals surface area contributed by atoms with Crippen LogP contribution in [0.15, 0.2) is 42.5 Å². The number of hydrogen-bond donors (Lipinski definition) is 1. The van der Waals surface area contributed by atoms with Gasteiger partial charge in [0.25, 0.3) is 0 Å². The van der Waals surface area contributed by atoms with Gasteiger partial charge in [0.15, 0.2) is 0 Å². The second-order valence-corrected chi connectivity index (χ2v) is 5.34. The van der Waals surface area contributed by atoms with Crippen LogP contribution >= 0.6 is 0 Å². The number of hydrogen-bond acceptors (Lipinski definition) is 3. The quantitative estimate of drug-likeness (QED) is 0.490. The van der Waals surface area contributed by atoms with Crippen LogP contribution in [-0.4, -0.2) is 24.0 Å². The van der Waals surface area contributed by atoms with Gasteiger partial charge < -0.3 is 10.1 Å². The number of amides is 1. The Hall–Kier alpha value is -2.10. The molecule has 1 saturated heterocycles. The van der Waals surface area contributed by atoms with Gasteiger partial charge in [-0.2, -0.15) is 0 Å². The van der Waals surface area contributed by atoms with Crippen molar-refractivity contribution in [3.8, 4) is 0 Å². The minimum atomic E-state index is -0.307. The summed E-state index contributed by atoms with van der Waals surface area (Å²) in [7, 11) is 0. The third kappa shape index (κ3) is 1.40. The summed E-state index contributed by atoms with van der Waals surface area (Å²) in [6.45, 7) is 0. The van der Waals surface area contributed by atoms with E-state index in [0.29, 0.717) is 5.56 Å². The van der Waals surface area contributed by atoms with Crippen LogP contribution in [0.5, 0.6) is 0 Å². The normalized spacial score (nSPS) is 37.5. The minimum Gasteiger partial charge on any atom is -0.457 e. The molecule has 4 rings (SSSR count). The van der Waals surface area contributed by atoms with E-state index in [1.54, 1.807) is 12.1 Å². The summed E-state index contributed by atoms with van der Waals surface area (Å²) in [4.78, 5) is 23.6. The van der Waals surface area contributed by atoms with Crippen LogP contribution in [0.2, 0.25) is 0 Å². The molecule has 96 valence electrons. The molecule has 2 fully saturated rings. The first-order chi connectivity index (χ1) is 9.25. The van der Waals surface area contributed by atoms with Gasteiger partial charge in [-0.15, -0.1) is 0 Å². The minimum absolute atomic E-state index is 0.00331. The van der Waals surface area contributed by atoms with Crippen molar-refractivity contribution in [2.45, 2.75) is 12.1 Å². The number of rotatable bonds is 2. The molecule has 1 aliphatic heterocycles. The molecular weight excluding hydrogens is 242 g/mol. The van der Waals surface area contributed by atoms with E-state index < -0.39 is 0 Å². The third-order valence-electron chi connectivity index (χ3n) is 4.39. The lowest BCUT2D eigenvalue weighted by molar-refractivity contribution is -0.135. The lowest BCUT2D eigenvalue weighted by atomic mass is 9.82. The zero-order chi connectivity index (χ0) is 13.0. The van der Waals surface area contributed by atoms with Crippen molar-refractivity contribution in [1.82, 2.24) is 5.32 Å². The molecule has 0 radical (unpaired) electrons. The Morgan fingerprint density at radius 3 is 2.53 bits per heavy atom. The Morgan fingerprint density at radius 2 is 1.84 bits per heavy atom. The first-order valence-electron chi connectivity index (χ1n) is 6.50. The average molecular weight is 255 g/mol. The predicted molar refractivity (Wildman–Crippen MR) is 67.2 cm³/mol. The number of carbonyl (C=O) groups is 2. The highest BCUT2D eigenvalue weighted by Gasteiger charge is 2.62. The maximum Gasteiger partial charge on any atom is 0.338 e. The van der Waals surface area contributed by atoms with Crippen molar-refractivity contribution < 1.29 is 14.3 Å². The Morgan fingerprint density at radius 1 is 1.11 bits per heavy atom. The molecule has 0 aromatic heterocycles. The first kappa shape index (κ1) is 10.8. The topological polar surface area (TPSA) is 55.4 Å². The lowest BCUT2D eigenvalue weighted by Crippen LogP contribution is -2.59. The highest BCUT2D eigenvalue weighted by Crippen LogP contribution is 2.49. The molecule has 2 aliphatic carbocycles. The van der Waals surface area contributed by atoms with E-state index in [1.165, 1.54) is 0 Å². The van der Waals surface area contributed by atoms with Crippen molar-refractivity contribution in [2.24, 2.45) is 17.8 Å². The smallest absolute Gasteiger partial charge is 0.338 e. The molecule has 1 saturated carbocycles. The van der Waals surface area contributed by atoms with Gasteiger partial charge in [-0.25, -0.2) is 4.79 Å². The maximum absolute atomic E-state index is 12.1. The van der Waals surface area contributed by atoms with E-state index in [9.17, 15) is 9.59 Å². The molecule has 19 heavy (non-hydrogen) atoms. The molecule has 4 heteroatoms. The third-order valence-corrected chi connectivity index (χ3v) is 4.39. The van der Waals surface area contributed by atoms with Crippen LogP contribution in [0, 0.1) is 17.8 Å². The van der Waals surface area contributed by atoms with Crippen LogP contribution in [0.1, 0.15) is 10.4 Å². The fourth-order valence-corrected chi connectivity index (χ4v) is 3.47. The largest absolute Gasteiger partial charge is 0.457 e. The maximum atomic E-state index is 12.1. The Bertz CT molecular complexity index is 580. The Labute approximate surface area is 110 Å². The van der Waals surface area contributed by atoms with Crippen LogP contribution in [0.4, 0.5) is 0 Å². The SMILES string of the molecule is O=C(O[C@@H]1[C@@H]2C=C[C@H]1[C@H]1C(=O)N[C@H]21)c1ccccc1. The zero-order valence-electron chi connectivity index (χ0n) is 10.2. The number of esters is 1. The van der Waals surface area contributed by atoms with Gasteiger partial charge in [-0.3, -0.25) is 4.79 Å². The monoisotopic (exact) mass is 255 g/mol. The number of ether oxygens (including phenoxy) is 1. The summed E-state index contributed by atoms with van der Waals surface area (Å²) in [5.41, 5.74) is 0.556. The molecule has 2 bridgehead atoms. The molecule has 0 spiro atoms. The van der Waals surface area contributed by atoms with Crippen LogP contribution in [0.25, 0.3) is 0 Å². The molecule has 1 amide bonds. The summed E-state index contributed by atoms with van der Waals surface area (Å²) in [5, 5.41) is 2.90. The van der Waals surface area contributed by atoms with E-state index in [0.717, 1.165) is 0 Å². The van der Waals surface area contributed by atoms with Crippen molar-refractivity contribution in [3.63, 3.8) is 0 Å². The first-order valence-corrected chi connectivity index (χ1v) is 6.50. The number of β-lactam (4-membered cyclic amide) rings is 1. The van der Waals surface area contributed by atoms with Gasteiger partial charge in [0.2, 0.25) is 5.91 Å². The number of nitrogens with one attached hydrogen (secondary N) is 1. The average Bonchev–Trinajstić information content (AvgIpc) is 2.90. The van der Waals surface area contributed by atoms with E-state index in [4.69, 9.17) is 4.74 Å². The molecule has 1 aromatic rings. The lowest BCUT2D eigenvalue weighted by Gasteiger charge is -2.36. The van der Waals surface area contributed by atoms with Crippen molar-refractivity contribution >= 4 is 11.9 Å².